The quantitative estimate of drug-likeness (QED) is 0.749. The number of aromatic hydroxyl groups is 1. The minimum Gasteiger partial charge on any atom is -0.506 e. The van der Waals surface area contributed by atoms with Crippen molar-refractivity contribution in [2.24, 2.45) is 11.8 Å². The fourth-order valence-corrected chi connectivity index (χ4v) is 4.61. The van der Waals surface area contributed by atoms with Crippen LogP contribution in [-0.2, 0) is 0 Å². The maximum absolute atomic E-state index is 10.3. The second-order valence-corrected chi connectivity index (χ2v) is 7.20. The van der Waals surface area contributed by atoms with Crippen molar-refractivity contribution in [2.45, 2.75) is 57.3 Å². The molecule has 1 nitrogen and oxygen atoms in total. The number of phenolic OH excluding ortho intramolecular Hbond substituents is 1. The maximum atomic E-state index is 10.3. The zero-order valence-electron chi connectivity index (χ0n) is 11.4. The molecule has 0 spiro atoms. The summed E-state index contributed by atoms with van der Waals surface area (Å²) in [7, 11) is 0. The highest BCUT2D eigenvalue weighted by Crippen LogP contribution is 2.46. The van der Waals surface area contributed by atoms with Gasteiger partial charge in [-0.15, -0.1) is 0 Å². The molecule has 3 rings (SSSR count). The summed E-state index contributed by atoms with van der Waals surface area (Å²) in [4.78, 5) is 0. The zero-order valence-corrected chi connectivity index (χ0v) is 13.0. The van der Waals surface area contributed by atoms with Crippen LogP contribution >= 0.6 is 15.9 Å². The topological polar surface area (TPSA) is 20.2 Å². The van der Waals surface area contributed by atoms with Crippen molar-refractivity contribution in [3.05, 3.63) is 28.2 Å². The Morgan fingerprint density at radius 2 is 1.68 bits per heavy atom. The monoisotopic (exact) mass is 322 g/mol. The predicted octanol–water partition coefficient (Wildman–Crippen LogP) is 5.62. The molecule has 0 amide bonds. The van der Waals surface area contributed by atoms with E-state index in [2.05, 4.69) is 28.1 Å². The van der Waals surface area contributed by atoms with Gasteiger partial charge in [-0.1, -0.05) is 50.7 Å². The highest BCUT2D eigenvalue weighted by molar-refractivity contribution is 9.10. The van der Waals surface area contributed by atoms with Gasteiger partial charge in [0, 0.05) is 0 Å². The van der Waals surface area contributed by atoms with Crippen LogP contribution in [0.3, 0.4) is 0 Å². The minimum atomic E-state index is 0.472. The third kappa shape index (κ3) is 2.84. The number of rotatable bonds is 2. The van der Waals surface area contributed by atoms with Crippen molar-refractivity contribution in [3.63, 3.8) is 0 Å². The normalized spacial score (nSPS) is 28.7. The van der Waals surface area contributed by atoms with Crippen LogP contribution in [0.2, 0.25) is 0 Å². The molecule has 2 aliphatic rings. The first-order valence-corrected chi connectivity index (χ1v) is 8.52. The van der Waals surface area contributed by atoms with E-state index in [9.17, 15) is 5.11 Å². The molecule has 0 heterocycles. The van der Waals surface area contributed by atoms with Gasteiger partial charge >= 0.3 is 0 Å². The molecule has 0 saturated heterocycles. The van der Waals surface area contributed by atoms with Gasteiger partial charge in [-0.05, 0) is 58.2 Å². The standard InChI is InChI=1S/C17H23BrO/c18-16-10-4-9-15(17(16)19)14-8-3-7-13(11-14)12-5-1-2-6-12/h4,9-10,12-14,19H,1-3,5-8,11H2/t13-,14-/m0/s1. The van der Waals surface area contributed by atoms with Crippen molar-refractivity contribution in [3.8, 4) is 5.75 Å². The Kier molecular flexibility index (Phi) is 4.16. The van der Waals surface area contributed by atoms with Crippen LogP contribution in [0.4, 0.5) is 0 Å². The number of hydrogen-bond acceptors (Lipinski definition) is 1. The molecule has 104 valence electrons. The van der Waals surface area contributed by atoms with Crippen molar-refractivity contribution in [1.29, 1.82) is 0 Å². The third-order valence-electron chi connectivity index (χ3n) is 5.24. The van der Waals surface area contributed by atoms with Crippen LogP contribution in [0.5, 0.6) is 5.75 Å². The van der Waals surface area contributed by atoms with Crippen molar-refractivity contribution in [1.82, 2.24) is 0 Å². The highest BCUT2D eigenvalue weighted by atomic mass is 79.9. The lowest BCUT2D eigenvalue weighted by molar-refractivity contribution is 0.229. The Hall–Kier alpha value is -0.500. The van der Waals surface area contributed by atoms with E-state index in [1.54, 1.807) is 0 Å². The van der Waals surface area contributed by atoms with Gasteiger partial charge in [-0.2, -0.15) is 0 Å². The first-order valence-electron chi connectivity index (χ1n) is 7.73. The van der Waals surface area contributed by atoms with E-state index in [1.807, 2.05) is 6.07 Å². The van der Waals surface area contributed by atoms with Crippen molar-refractivity contribution < 1.29 is 5.11 Å². The number of halogens is 1. The SMILES string of the molecule is Oc1c(Br)cccc1[C@H]1CCC[C@H](C2CCCC2)C1. The predicted molar refractivity (Wildman–Crippen MR) is 82.5 cm³/mol. The van der Waals surface area contributed by atoms with Crippen LogP contribution in [0, 0.1) is 11.8 Å². The number of para-hydroxylation sites is 1. The molecule has 2 aliphatic carbocycles. The molecule has 0 bridgehead atoms. The Labute approximate surface area is 124 Å². The second-order valence-electron chi connectivity index (χ2n) is 6.35. The van der Waals surface area contributed by atoms with E-state index in [-0.39, 0.29) is 0 Å². The van der Waals surface area contributed by atoms with Gasteiger partial charge in [0.1, 0.15) is 5.75 Å². The molecule has 0 aliphatic heterocycles. The van der Waals surface area contributed by atoms with Crippen molar-refractivity contribution >= 4 is 15.9 Å². The zero-order chi connectivity index (χ0) is 13.2. The molecular formula is C17H23BrO. The van der Waals surface area contributed by atoms with Gasteiger partial charge < -0.3 is 5.11 Å². The van der Waals surface area contributed by atoms with Gasteiger partial charge in [-0.3, -0.25) is 0 Å². The average molecular weight is 323 g/mol. The Bertz CT molecular complexity index is 437. The summed E-state index contributed by atoms with van der Waals surface area (Å²) < 4.78 is 0.841. The number of benzene rings is 1. The summed E-state index contributed by atoms with van der Waals surface area (Å²) in [5.74, 6) is 2.91. The molecule has 0 radical (unpaired) electrons. The molecule has 19 heavy (non-hydrogen) atoms. The first-order chi connectivity index (χ1) is 9.25. The fraction of sp³-hybridized carbons (Fsp3) is 0.647. The number of hydrogen-bond donors (Lipinski definition) is 1. The lowest BCUT2D eigenvalue weighted by atomic mass is 9.72. The van der Waals surface area contributed by atoms with Gasteiger partial charge in [0.15, 0.2) is 0 Å². The van der Waals surface area contributed by atoms with Crippen molar-refractivity contribution in [2.75, 3.05) is 0 Å². The summed E-state index contributed by atoms with van der Waals surface area (Å²) in [6.45, 7) is 0. The lowest BCUT2D eigenvalue weighted by Gasteiger charge is -2.33. The molecule has 0 aromatic heterocycles. The molecule has 2 saturated carbocycles. The highest BCUT2D eigenvalue weighted by Gasteiger charge is 2.31. The molecule has 1 N–H and O–H groups in total. The Balaban J connectivity index is 1.75. The largest absolute Gasteiger partial charge is 0.506 e. The summed E-state index contributed by atoms with van der Waals surface area (Å²) in [6.07, 6.45) is 11.0. The van der Waals surface area contributed by atoms with E-state index in [0.717, 1.165) is 21.9 Å². The Morgan fingerprint density at radius 3 is 2.47 bits per heavy atom. The van der Waals surface area contributed by atoms with E-state index in [4.69, 9.17) is 0 Å². The maximum Gasteiger partial charge on any atom is 0.133 e. The molecule has 1 aromatic rings. The van der Waals surface area contributed by atoms with Gasteiger partial charge in [-0.25, -0.2) is 0 Å². The smallest absolute Gasteiger partial charge is 0.133 e. The molecule has 2 heteroatoms. The van der Waals surface area contributed by atoms with Crippen LogP contribution in [0.25, 0.3) is 0 Å². The molecule has 0 unspecified atom stereocenters. The van der Waals surface area contributed by atoms with Gasteiger partial charge in [0.05, 0.1) is 4.47 Å². The van der Waals surface area contributed by atoms with E-state index in [0.29, 0.717) is 11.7 Å². The first kappa shape index (κ1) is 13.5. The van der Waals surface area contributed by atoms with Gasteiger partial charge in [0.2, 0.25) is 0 Å². The second kappa shape index (κ2) is 5.87. The van der Waals surface area contributed by atoms with Crippen LogP contribution in [0.15, 0.2) is 22.7 Å². The molecule has 1 aromatic carbocycles. The van der Waals surface area contributed by atoms with Crippen LogP contribution < -0.4 is 0 Å². The minimum absolute atomic E-state index is 0.472. The van der Waals surface area contributed by atoms with Crippen LogP contribution in [-0.4, -0.2) is 5.11 Å². The third-order valence-corrected chi connectivity index (χ3v) is 5.88. The van der Waals surface area contributed by atoms with Crippen LogP contribution in [0.1, 0.15) is 62.8 Å². The summed E-state index contributed by atoms with van der Waals surface area (Å²) in [5, 5.41) is 10.3. The summed E-state index contributed by atoms with van der Waals surface area (Å²) in [6, 6.07) is 6.09. The number of phenols is 1. The van der Waals surface area contributed by atoms with E-state index >= 15 is 0 Å². The van der Waals surface area contributed by atoms with Gasteiger partial charge in [0.25, 0.3) is 0 Å². The Morgan fingerprint density at radius 1 is 0.947 bits per heavy atom. The lowest BCUT2D eigenvalue weighted by Crippen LogP contribution is -2.20. The summed E-state index contributed by atoms with van der Waals surface area (Å²) >= 11 is 3.44. The van der Waals surface area contributed by atoms with E-state index in [1.165, 1.54) is 51.4 Å². The molecule has 2 fully saturated rings. The average Bonchev–Trinajstić information content (AvgIpc) is 2.96. The summed E-state index contributed by atoms with van der Waals surface area (Å²) in [5.41, 5.74) is 1.16. The molecular weight excluding hydrogens is 300 g/mol. The molecule has 2 atom stereocenters. The fourth-order valence-electron chi connectivity index (χ4n) is 4.23. The van der Waals surface area contributed by atoms with E-state index < -0.39 is 0 Å².